The summed E-state index contributed by atoms with van der Waals surface area (Å²) in [6.07, 6.45) is -3.66. The van der Waals surface area contributed by atoms with Crippen LogP contribution in [0.25, 0.3) is 0 Å². The van der Waals surface area contributed by atoms with E-state index in [4.69, 9.17) is 20.4 Å². The molecule has 1 aliphatic rings. The number of rotatable bonds is 0. The molecular formula is C6H9BrO4. The Labute approximate surface area is 71.9 Å². The molecule has 0 aliphatic heterocycles. The molecule has 0 aromatic heterocycles. The molecule has 0 spiro atoms. The Bertz CT molecular complexity index is 181. The van der Waals surface area contributed by atoms with Crippen molar-refractivity contribution in [3.05, 3.63) is 10.6 Å². The van der Waals surface area contributed by atoms with E-state index < -0.39 is 24.4 Å². The number of halogens is 1. The van der Waals surface area contributed by atoms with Crippen LogP contribution in [0.2, 0.25) is 0 Å². The third-order valence-corrected chi connectivity index (χ3v) is 2.37. The van der Waals surface area contributed by atoms with Gasteiger partial charge < -0.3 is 20.4 Å². The van der Waals surface area contributed by atoms with Gasteiger partial charge in [0.05, 0.1) is 0 Å². The summed E-state index contributed by atoms with van der Waals surface area (Å²) in [6, 6.07) is 0. The minimum absolute atomic E-state index is 0.294. The van der Waals surface area contributed by atoms with Gasteiger partial charge in [0, 0.05) is 4.48 Å². The molecule has 0 fully saturated rings. The Morgan fingerprint density at radius 1 is 1.09 bits per heavy atom. The molecule has 0 radical (unpaired) electrons. The molecular weight excluding hydrogens is 216 g/mol. The molecule has 4 N–H and O–H groups in total. The SMILES string of the molecule is O[C@H]1[C@H](O)[C@H](O)C(Br)=C[C@H]1O. The lowest BCUT2D eigenvalue weighted by molar-refractivity contribution is -0.0894. The normalized spacial score (nSPS) is 45.4. The molecule has 0 saturated heterocycles. The first kappa shape index (κ1) is 9.15. The van der Waals surface area contributed by atoms with Crippen LogP contribution >= 0.6 is 15.9 Å². The van der Waals surface area contributed by atoms with Gasteiger partial charge in [-0.15, -0.1) is 0 Å². The summed E-state index contributed by atoms with van der Waals surface area (Å²) in [4.78, 5) is 0. The fourth-order valence-electron chi connectivity index (χ4n) is 0.912. The quantitative estimate of drug-likeness (QED) is 0.414. The molecule has 11 heavy (non-hydrogen) atoms. The second kappa shape index (κ2) is 3.20. The van der Waals surface area contributed by atoms with E-state index in [0.29, 0.717) is 4.48 Å². The van der Waals surface area contributed by atoms with Gasteiger partial charge in [0.2, 0.25) is 0 Å². The number of aliphatic hydroxyl groups is 4. The van der Waals surface area contributed by atoms with E-state index >= 15 is 0 Å². The van der Waals surface area contributed by atoms with Gasteiger partial charge in [0.25, 0.3) is 0 Å². The molecule has 4 atom stereocenters. The van der Waals surface area contributed by atoms with E-state index in [-0.39, 0.29) is 0 Å². The summed E-state index contributed by atoms with van der Waals surface area (Å²) in [6.45, 7) is 0. The Morgan fingerprint density at radius 3 is 2.18 bits per heavy atom. The van der Waals surface area contributed by atoms with E-state index in [1.807, 2.05) is 0 Å². The van der Waals surface area contributed by atoms with Gasteiger partial charge in [-0.05, 0) is 6.08 Å². The first-order chi connectivity index (χ1) is 5.04. The highest BCUT2D eigenvalue weighted by Crippen LogP contribution is 2.23. The van der Waals surface area contributed by atoms with Crippen molar-refractivity contribution in [2.75, 3.05) is 0 Å². The summed E-state index contributed by atoms with van der Waals surface area (Å²) in [5.74, 6) is 0. The Balaban J connectivity index is 2.83. The zero-order valence-electron chi connectivity index (χ0n) is 5.55. The van der Waals surface area contributed by atoms with Crippen LogP contribution in [0.3, 0.4) is 0 Å². The van der Waals surface area contributed by atoms with Crippen LogP contribution in [0, 0.1) is 0 Å². The maximum absolute atomic E-state index is 9.10. The van der Waals surface area contributed by atoms with Crippen LogP contribution < -0.4 is 0 Å². The van der Waals surface area contributed by atoms with Gasteiger partial charge in [-0.1, -0.05) is 15.9 Å². The predicted molar refractivity (Wildman–Crippen MR) is 41.0 cm³/mol. The third kappa shape index (κ3) is 1.62. The maximum Gasteiger partial charge on any atom is 0.114 e. The van der Waals surface area contributed by atoms with Crippen molar-refractivity contribution in [2.45, 2.75) is 24.4 Å². The highest BCUT2D eigenvalue weighted by molar-refractivity contribution is 9.11. The molecule has 1 rings (SSSR count). The highest BCUT2D eigenvalue weighted by atomic mass is 79.9. The Kier molecular flexibility index (Phi) is 2.66. The summed E-state index contributed by atoms with van der Waals surface area (Å²) in [7, 11) is 0. The molecule has 0 heterocycles. The lowest BCUT2D eigenvalue weighted by Gasteiger charge is -2.29. The first-order valence-electron chi connectivity index (χ1n) is 3.13. The average Bonchev–Trinajstić information content (AvgIpc) is 1.97. The number of aliphatic hydroxyl groups excluding tert-OH is 4. The van der Waals surface area contributed by atoms with Gasteiger partial charge in [0.15, 0.2) is 0 Å². The van der Waals surface area contributed by atoms with E-state index in [1.54, 1.807) is 0 Å². The van der Waals surface area contributed by atoms with Crippen LogP contribution in [-0.4, -0.2) is 44.8 Å². The van der Waals surface area contributed by atoms with Gasteiger partial charge in [-0.3, -0.25) is 0 Å². The lowest BCUT2D eigenvalue weighted by Crippen LogP contribution is -2.47. The lowest BCUT2D eigenvalue weighted by atomic mass is 9.96. The highest BCUT2D eigenvalue weighted by Gasteiger charge is 2.35. The fraction of sp³-hybridized carbons (Fsp3) is 0.667. The van der Waals surface area contributed by atoms with Crippen molar-refractivity contribution >= 4 is 15.9 Å². The average molecular weight is 225 g/mol. The second-order valence-electron chi connectivity index (χ2n) is 2.47. The number of hydrogen-bond acceptors (Lipinski definition) is 4. The van der Waals surface area contributed by atoms with Crippen molar-refractivity contribution in [3.8, 4) is 0 Å². The Morgan fingerprint density at radius 2 is 1.64 bits per heavy atom. The predicted octanol–water partition coefficient (Wildman–Crippen LogP) is -1.28. The topological polar surface area (TPSA) is 80.9 Å². The largest absolute Gasteiger partial charge is 0.387 e. The second-order valence-corrected chi connectivity index (χ2v) is 3.38. The van der Waals surface area contributed by atoms with Crippen molar-refractivity contribution in [2.24, 2.45) is 0 Å². The molecule has 0 aromatic carbocycles. The number of hydrogen-bond donors (Lipinski definition) is 4. The van der Waals surface area contributed by atoms with Crippen LogP contribution in [0.5, 0.6) is 0 Å². The summed E-state index contributed by atoms with van der Waals surface area (Å²) >= 11 is 2.94. The molecule has 5 heteroatoms. The molecule has 0 bridgehead atoms. The van der Waals surface area contributed by atoms with Gasteiger partial charge in [-0.25, -0.2) is 0 Å². The van der Waals surface area contributed by atoms with Gasteiger partial charge >= 0.3 is 0 Å². The molecule has 1 aliphatic carbocycles. The fourth-order valence-corrected chi connectivity index (χ4v) is 1.45. The van der Waals surface area contributed by atoms with E-state index in [1.165, 1.54) is 6.08 Å². The zero-order chi connectivity index (χ0) is 8.59. The minimum atomic E-state index is -1.33. The molecule has 64 valence electrons. The van der Waals surface area contributed by atoms with E-state index in [0.717, 1.165) is 0 Å². The smallest absolute Gasteiger partial charge is 0.114 e. The summed E-state index contributed by atoms with van der Waals surface area (Å²) in [5, 5.41) is 36.2. The van der Waals surface area contributed by atoms with Crippen molar-refractivity contribution in [1.29, 1.82) is 0 Å². The van der Waals surface area contributed by atoms with Crippen molar-refractivity contribution in [1.82, 2.24) is 0 Å². The first-order valence-corrected chi connectivity index (χ1v) is 3.93. The van der Waals surface area contributed by atoms with Crippen molar-refractivity contribution in [3.63, 3.8) is 0 Å². The third-order valence-electron chi connectivity index (χ3n) is 1.64. The summed E-state index contributed by atoms with van der Waals surface area (Å²) < 4.78 is 0.294. The van der Waals surface area contributed by atoms with Gasteiger partial charge in [0.1, 0.15) is 24.4 Å². The standard InChI is InChI=1S/C6H9BrO4/c7-2-1-3(8)5(10)6(11)4(2)9/h1,3-6,8-11H/t3-,4-,5-,6-/m1/s1. The maximum atomic E-state index is 9.10. The molecule has 0 amide bonds. The van der Waals surface area contributed by atoms with Crippen LogP contribution in [0.15, 0.2) is 10.6 Å². The van der Waals surface area contributed by atoms with Crippen LogP contribution in [0.1, 0.15) is 0 Å². The van der Waals surface area contributed by atoms with Gasteiger partial charge in [-0.2, -0.15) is 0 Å². The monoisotopic (exact) mass is 224 g/mol. The molecule has 4 nitrogen and oxygen atoms in total. The molecule has 0 aromatic rings. The van der Waals surface area contributed by atoms with Crippen molar-refractivity contribution < 1.29 is 20.4 Å². The molecule has 0 unspecified atom stereocenters. The molecule has 0 saturated carbocycles. The minimum Gasteiger partial charge on any atom is -0.387 e. The summed E-state index contributed by atoms with van der Waals surface area (Å²) in [5.41, 5.74) is 0. The van der Waals surface area contributed by atoms with Crippen LogP contribution in [0.4, 0.5) is 0 Å². The van der Waals surface area contributed by atoms with E-state index in [2.05, 4.69) is 15.9 Å². The Hall–Kier alpha value is 0.0600. The zero-order valence-corrected chi connectivity index (χ0v) is 7.14. The van der Waals surface area contributed by atoms with E-state index in [9.17, 15) is 0 Å². The van der Waals surface area contributed by atoms with Crippen LogP contribution in [-0.2, 0) is 0 Å².